The van der Waals surface area contributed by atoms with E-state index < -0.39 is 11.9 Å². The number of nitrogens with zero attached hydrogens (tertiary/aromatic N) is 3. The van der Waals surface area contributed by atoms with Gasteiger partial charge in [-0.3, -0.25) is 4.90 Å². The number of hydrazine groups is 1. The number of rotatable bonds is 4. The number of carbonyl (C=O) groups is 3. The molecule has 2 unspecified atom stereocenters. The molecule has 0 saturated carbocycles. The number of carbonyl (C=O) groups excluding carboxylic acids is 1. The molecule has 2 aliphatic heterocycles. The molecule has 0 aliphatic carbocycles. The predicted molar refractivity (Wildman–Crippen MR) is 97.2 cm³/mol. The highest BCUT2D eigenvalue weighted by molar-refractivity contribution is 5.89. The number of hydrogen-bond donors (Lipinski definition) is 4. The van der Waals surface area contributed by atoms with E-state index in [4.69, 9.17) is 20.8 Å². The quantitative estimate of drug-likeness (QED) is 0.330. The number of aliphatic carboxylic acids is 2. The van der Waals surface area contributed by atoms with Crippen molar-refractivity contribution in [1.29, 1.82) is 0 Å². The van der Waals surface area contributed by atoms with Crippen LogP contribution in [0.1, 0.15) is 43.5 Å². The number of fused-ring (bicyclic) bond motifs is 4. The van der Waals surface area contributed by atoms with Gasteiger partial charge in [-0.25, -0.2) is 20.2 Å². The smallest absolute Gasteiger partial charge is 0.410 e. The Kier molecular flexibility index (Phi) is 7.27. The van der Waals surface area contributed by atoms with Crippen molar-refractivity contribution in [3.8, 4) is 0 Å². The summed E-state index contributed by atoms with van der Waals surface area (Å²) in [4.78, 5) is 33.2. The maximum atomic E-state index is 12.2. The summed E-state index contributed by atoms with van der Waals surface area (Å²) in [5.41, 5.74) is 4.52. The van der Waals surface area contributed by atoms with Crippen LogP contribution in [0.15, 0.2) is 18.2 Å². The lowest BCUT2D eigenvalue weighted by molar-refractivity contribution is -0.134. The minimum absolute atomic E-state index is 0.0270. The van der Waals surface area contributed by atoms with E-state index in [0.717, 1.165) is 36.9 Å². The van der Waals surface area contributed by atoms with E-state index in [1.54, 1.807) is 0 Å². The van der Waals surface area contributed by atoms with Gasteiger partial charge in [0.2, 0.25) is 0 Å². The van der Waals surface area contributed by atoms with Gasteiger partial charge in [-0.2, -0.15) is 5.10 Å². The van der Waals surface area contributed by atoms with Crippen LogP contribution in [0.25, 0.3) is 0 Å². The van der Waals surface area contributed by atoms with Crippen LogP contribution in [0.2, 0.25) is 0 Å². The first kappa shape index (κ1) is 21.1. The van der Waals surface area contributed by atoms with Gasteiger partial charge in [-0.1, -0.05) is 0 Å². The van der Waals surface area contributed by atoms with Gasteiger partial charge in [0.1, 0.15) is 0 Å². The van der Waals surface area contributed by atoms with Crippen molar-refractivity contribution in [2.45, 2.75) is 44.7 Å². The van der Waals surface area contributed by atoms with E-state index in [1.807, 2.05) is 17.9 Å². The molecule has 0 aromatic carbocycles. The Morgan fingerprint density at radius 3 is 2.54 bits per heavy atom. The van der Waals surface area contributed by atoms with Crippen molar-refractivity contribution in [1.82, 2.24) is 15.1 Å². The molecule has 2 atom stereocenters. The van der Waals surface area contributed by atoms with Gasteiger partial charge in [0.25, 0.3) is 0 Å². The van der Waals surface area contributed by atoms with Crippen LogP contribution >= 0.6 is 0 Å². The number of ether oxygens (including phenoxy) is 1. The van der Waals surface area contributed by atoms with Crippen LogP contribution in [0.5, 0.6) is 0 Å². The second-order valence-corrected chi connectivity index (χ2v) is 6.20. The summed E-state index contributed by atoms with van der Waals surface area (Å²) >= 11 is 0. The van der Waals surface area contributed by atoms with E-state index in [2.05, 4.69) is 15.6 Å². The summed E-state index contributed by atoms with van der Waals surface area (Å²) in [6.07, 6.45) is 4.66. The molecule has 1 aromatic rings. The molecular weight excluding hydrogens is 370 g/mol. The Labute approximate surface area is 161 Å². The highest BCUT2D eigenvalue weighted by Crippen LogP contribution is 2.41. The Balaban J connectivity index is 0.000000300. The molecule has 2 bridgehead atoms. The summed E-state index contributed by atoms with van der Waals surface area (Å²) < 4.78 is 5.20. The molecule has 0 radical (unpaired) electrons. The number of piperidine rings is 1. The highest BCUT2D eigenvalue weighted by atomic mass is 16.6. The summed E-state index contributed by atoms with van der Waals surface area (Å²) in [6.45, 7) is 2.22. The highest BCUT2D eigenvalue weighted by Gasteiger charge is 2.41. The third kappa shape index (κ3) is 5.16. The molecule has 1 fully saturated rings. The third-order valence-corrected chi connectivity index (χ3v) is 4.43. The van der Waals surface area contributed by atoms with Crippen molar-refractivity contribution in [2.24, 2.45) is 5.84 Å². The van der Waals surface area contributed by atoms with Crippen LogP contribution in [-0.4, -0.2) is 56.0 Å². The lowest BCUT2D eigenvalue weighted by atomic mass is 9.83. The van der Waals surface area contributed by atoms with E-state index in [0.29, 0.717) is 24.6 Å². The van der Waals surface area contributed by atoms with E-state index >= 15 is 0 Å². The van der Waals surface area contributed by atoms with Gasteiger partial charge in [-0.05, 0) is 32.3 Å². The van der Waals surface area contributed by atoms with Crippen molar-refractivity contribution in [3.63, 3.8) is 0 Å². The fourth-order valence-electron chi connectivity index (χ4n) is 3.37. The van der Waals surface area contributed by atoms with Gasteiger partial charge in [0, 0.05) is 30.2 Å². The fourth-order valence-corrected chi connectivity index (χ4v) is 3.37. The molecule has 1 aromatic heterocycles. The molecule has 2 aliphatic rings. The molecule has 1 saturated heterocycles. The molecule has 0 spiro atoms. The van der Waals surface area contributed by atoms with Crippen molar-refractivity contribution in [3.05, 3.63) is 29.5 Å². The first-order valence-electron chi connectivity index (χ1n) is 8.79. The minimum Gasteiger partial charge on any atom is -0.478 e. The normalized spacial score (nSPS) is 19.9. The van der Waals surface area contributed by atoms with Crippen LogP contribution in [0.4, 0.5) is 10.6 Å². The first-order valence-corrected chi connectivity index (χ1v) is 8.79. The molecular formula is C17H23N5O6. The molecule has 3 rings (SSSR count). The van der Waals surface area contributed by atoms with Crippen LogP contribution < -0.4 is 11.3 Å². The van der Waals surface area contributed by atoms with E-state index in [9.17, 15) is 14.4 Å². The monoisotopic (exact) mass is 393 g/mol. The van der Waals surface area contributed by atoms with Gasteiger partial charge in [-0.15, -0.1) is 5.10 Å². The number of hydrogen-bond acceptors (Lipinski definition) is 8. The van der Waals surface area contributed by atoms with Gasteiger partial charge in [0.15, 0.2) is 5.82 Å². The average molecular weight is 393 g/mol. The van der Waals surface area contributed by atoms with Crippen molar-refractivity contribution < 1.29 is 29.3 Å². The Hall–Kier alpha value is -3.21. The number of nitrogens with two attached hydrogens (primary N) is 1. The summed E-state index contributed by atoms with van der Waals surface area (Å²) in [6, 6.07) is 2.09. The zero-order valence-corrected chi connectivity index (χ0v) is 15.4. The SMILES string of the molecule is CCOC(=O)N1C2CCCC1c1cc(NN)nnc1C2.O=C(O)/C=C/C(=O)O. The topological polar surface area (TPSA) is 168 Å². The standard InChI is InChI=1S/C13H19N5O2.C4H4O4/c1-2-20-13(19)18-8-4-3-5-11(18)9-7-12(15-14)17-16-10(9)6-8;5-3(6)1-2-4(7)8/h7-8,11H,2-6,14H2,1H3,(H,15,17);1-2H,(H,5,6)(H,7,8)/b;2-1+. The molecule has 11 heteroatoms. The van der Waals surface area contributed by atoms with Crippen LogP contribution in [-0.2, 0) is 20.7 Å². The zero-order chi connectivity index (χ0) is 20.7. The van der Waals surface area contributed by atoms with Crippen LogP contribution in [0.3, 0.4) is 0 Å². The number of nitrogen functional groups attached to an aromatic ring is 1. The Bertz CT molecular complexity index is 752. The number of aromatic nitrogens is 2. The lowest BCUT2D eigenvalue weighted by Crippen LogP contribution is -2.50. The molecule has 3 heterocycles. The number of anilines is 1. The lowest BCUT2D eigenvalue weighted by Gasteiger charge is -2.45. The molecule has 1 amide bonds. The fraction of sp³-hybridized carbons (Fsp3) is 0.471. The number of amides is 1. The van der Waals surface area contributed by atoms with Crippen LogP contribution in [0, 0.1) is 0 Å². The number of carboxylic acids is 2. The summed E-state index contributed by atoms with van der Waals surface area (Å²) in [5, 5.41) is 23.9. The van der Waals surface area contributed by atoms with Crippen molar-refractivity contribution in [2.75, 3.05) is 12.0 Å². The maximum Gasteiger partial charge on any atom is 0.410 e. The second-order valence-electron chi connectivity index (χ2n) is 6.20. The number of nitrogens with one attached hydrogen (secondary N) is 1. The summed E-state index contributed by atoms with van der Waals surface area (Å²) in [7, 11) is 0. The largest absolute Gasteiger partial charge is 0.478 e. The number of carboxylic acid groups (broad SMARTS) is 2. The van der Waals surface area contributed by atoms with E-state index in [-0.39, 0.29) is 18.2 Å². The molecule has 11 nitrogen and oxygen atoms in total. The molecule has 28 heavy (non-hydrogen) atoms. The zero-order valence-electron chi connectivity index (χ0n) is 15.4. The Morgan fingerprint density at radius 2 is 1.96 bits per heavy atom. The summed E-state index contributed by atoms with van der Waals surface area (Å²) in [5.74, 6) is 3.41. The Morgan fingerprint density at radius 1 is 1.29 bits per heavy atom. The molecule has 5 N–H and O–H groups in total. The van der Waals surface area contributed by atoms with Gasteiger partial charge >= 0.3 is 18.0 Å². The van der Waals surface area contributed by atoms with Gasteiger partial charge in [0.05, 0.1) is 18.3 Å². The van der Waals surface area contributed by atoms with E-state index in [1.165, 1.54) is 0 Å². The third-order valence-electron chi connectivity index (χ3n) is 4.43. The minimum atomic E-state index is -1.26. The average Bonchev–Trinajstić information content (AvgIpc) is 2.66. The first-order chi connectivity index (χ1) is 13.4. The van der Waals surface area contributed by atoms with Gasteiger partial charge < -0.3 is 20.4 Å². The predicted octanol–water partition coefficient (Wildman–Crippen LogP) is 1.08. The van der Waals surface area contributed by atoms with Crippen molar-refractivity contribution >= 4 is 23.8 Å². The molecule has 152 valence electrons. The second kappa shape index (κ2) is 9.65. The maximum absolute atomic E-state index is 12.2.